The van der Waals surface area contributed by atoms with Gasteiger partial charge in [-0.3, -0.25) is 0 Å². The predicted octanol–water partition coefficient (Wildman–Crippen LogP) is 3.19. The molecule has 0 spiro atoms. The van der Waals surface area contributed by atoms with E-state index in [1.54, 1.807) is 4.68 Å². The number of hydrogen-bond acceptors (Lipinski definition) is 4. The molecule has 1 aliphatic heterocycles. The van der Waals surface area contributed by atoms with Gasteiger partial charge in [0.25, 0.3) is 0 Å². The summed E-state index contributed by atoms with van der Waals surface area (Å²) >= 11 is 2.19. The van der Waals surface area contributed by atoms with E-state index in [1.807, 2.05) is 13.1 Å². The summed E-state index contributed by atoms with van der Waals surface area (Å²) in [5.74, 6) is 0. The molecule has 1 aliphatic rings. The van der Waals surface area contributed by atoms with Crippen LogP contribution in [0.1, 0.15) is 18.8 Å². The van der Waals surface area contributed by atoms with E-state index in [2.05, 4.69) is 47.3 Å². The van der Waals surface area contributed by atoms with E-state index in [4.69, 9.17) is 14.2 Å². The van der Waals surface area contributed by atoms with Gasteiger partial charge in [0.2, 0.25) is 0 Å². The second-order valence-corrected chi connectivity index (χ2v) is 12.6. The molecule has 19 heavy (non-hydrogen) atoms. The predicted molar refractivity (Wildman–Crippen MR) is 83.4 cm³/mol. The average Bonchev–Trinajstić information content (AvgIpc) is 2.60. The van der Waals surface area contributed by atoms with E-state index < -0.39 is 8.07 Å². The second kappa shape index (κ2) is 6.21. The molecule has 2 rings (SSSR count). The Kier molecular flexibility index (Phi) is 5.04. The maximum atomic E-state index is 5.67. The number of halogens is 1. The number of ether oxygens (including phenoxy) is 3. The van der Waals surface area contributed by atoms with Crippen LogP contribution in [0.3, 0.4) is 0 Å². The molecule has 5 nitrogen and oxygen atoms in total. The molecule has 0 saturated carbocycles. The molecule has 0 radical (unpaired) electrons. The first-order valence-corrected chi connectivity index (χ1v) is 11.3. The van der Waals surface area contributed by atoms with Gasteiger partial charge < -0.3 is 14.2 Å². The van der Waals surface area contributed by atoms with Crippen molar-refractivity contribution < 1.29 is 14.2 Å². The van der Waals surface area contributed by atoms with Crippen molar-refractivity contribution in [1.82, 2.24) is 9.78 Å². The Hall–Kier alpha value is 0.0369. The highest BCUT2D eigenvalue weighted by molar-refractivity contribution is 14.1. The molecule has 0 atom stereocenters. The Bertz CT molecular complexity index is 427. The molecule has 1 aromatic rings. The highest BCUT2D eigenvalue weighted by Crippen LogP contribution is 2.33. The Labute approximate surface area is 128 Å². The first-order valence-electron chi connectivity index (χ1n) is 6.47. The fourth-order valence-electron chi connectivity index (χ4n) is 1.68. The highest BCUT2D eigenvalue weighted by Gasteiger charge is 2.31. The molecule has 1 fully saturated rings. The third kappa shape index (κ3) is 4.52. The summed E-state index contributed by atoms with van der Waals surface area (Å²) in [6.07, 6.45) is 1.56. The Morgan fingerprint density at radius 3 is 2.68 bits per heavy atom. The number of rotatable bonds is 6. The van der Waals surface area contributed by atoms with Crippen molar-refractivity contribution in [3.8, 4) is 0 Å². The number of nitrogens with zero attached hydrogens (tertiary/aromatic N) is 2. The zero-order chi connectivity index (χ0) is 14.0. The maximum absolute atomic E-state index is 5.67. The van der Waals surface area contributed by atoms with Gasteiger partial charge in [-0.25, -0.2) is 4.68 Å². The van der Waals surface area contributed by atoms with Crippen LogP contribution in [0.15, 0.2) is 6.20 Å². The minimum atomic E-state index is -1.02. The van der Waals surface area contributed by atoms with E-state index in [-0.39, 0.29) is 12.6 Å². The second-order valence-electron chi connectivity index (χ2n) is 5.93. The molecule has 1 saturated heterocycles. The van der Waals surface area contributed by atoms with Crippen molar-refractivity contribution in [2.24, 2.45) is 0 Å². The lowest BCUT2D eigenvalue weighted by Crippen LogP contribution is -2.31. The standard InChI is InChI=1S/C12H21IN2O3Si/c1-9-17-12(18-9)10-7-15(14-11(10)13)8-16-5-6-19(2,3)4/h7,9,12H,5-6,8H2,1-4H3. The van der Waals surface area contributed by atoms with Gasteiger partial charge in [-0.2, -0.15) is 5.10 Å². The fraction of sp³-hybridized carbons (Fsp3) is 0.750. The summed E-state index contributed by atoms with van der Waals surface area (Å²) in [4.78, 5) is 0. The third-order valence-electron chi connectivity index (χ3n) is 2.85. The average molecular weight is 396 g/mol. The molecule has 0 bridgehead atoms. The van der Waals surface area contributed by atoms with Crippen LogP contribution in [-0.4, -0.2) is 30.8 Å². The lowest BCUT2D eigenvalue weighted by atomic mass is 10.3. The van der Waals surface area contributed by atoms with Crippen LogP contribution in [-0.2, 0) is 20.9 Å². The quantitative estimate of drug-likeness (QED) is 0.421. The largest absolute Gasteiger partial charge is 0.360 e. The summed E-state index contributed by atoms with van der Waals surface area (Å²) in [7, 11) is -1.02. The molecule has 0 unspecified atom stereocenters. The summed E-state index contributed by atoms with van der Waals surface area (Å²) in [5.41, 5.74) is 0.979. The van der Waals surface area contributed by atoms with Gasteiger partial charge in [0, 0.05) is 20.9 Å². The van der Waals surface area contributed by atoms with Crippen LogP contribution in [0.2, 0.25) is 25.7 Å². The normalized spacial score (nSPS) is 23.4. The zero-order valence-electron chi connectivity index (χ0n) is 11.9. The van der Waals surface area contributed by atoms with Crippen molar-refractivity contribution in [2.45, 2.75) is 51.9 Å². The van der Waals surface area contributed by atoms with Gasteiger partial charge in [-0.1, -0.05) is 19.6 Å². The molecule has 7 heteroatoms. The minimum Gasteiger partial charge on any atom is -0.360 e. The summed E-state index contributed by atoms with van der Waals surface area (Å²) in [5, 5.41) is 4.40. The van der Waals surface area contributed by atoms with Crippen LogP contribution in [0.25, 0.3) is 0 Å². The molecule has 2 heterocycles. The monoisotopic (exact) mass is 396 g/mol. The molecule has 108 valence electrons. The van der Waals surface area contributed by atoms with Gasteiger partial charge in [-0.15, -0.1) is 0 Å². The zero-order valence-corrected chi connectivity index (χ0v) is 15.0. The van der Waals surface area contributed by atoms with E-state index in [9.17, 15) is 0 Å². The lowest BCUT2D eigenvalue weighted by molar-refractivity contribution is -0.382. The van der Waals surface area contributed by atoms with Gasteiger partial charge in [0.1, 0.15) is 10.4 Å². The molecule has 0 aliphatic carbocycles. The van der Waals surface area contributed by atoms with Crippen molar-refractivity contribution >= 4 is 30.7 Å². The van der Waals surface area contributed by atoms with Crippen molar-refractivity contribution in [3.05, 3.63) is 15.5 Å². The lowest BCUT2D eigenvalue weighted by Gasteiger charge is -2.33. The van der Waals surface area contributed by atoms with Crippen molar-refractivity contribution in [3.63, 3.8) is 0 Å². The molecule has 1 aromatic heterocycles. The van der Waals surface area contributed by atoms with Gasteiger partial charge in [-0.05, 0) is 35.6 Å². The topological polar surface area (TPSA) is 45.5 Å². The Morgan fingerprint density at radius 2 is 2.11 bits per heavy atom. The van der Waals surface area contributed by atoms with Gasteiger partial charge >= 0.3 is 0 Å². The Morgan fingerprint density at radius 1 is 1.42 bits per heavy atom. The van der Waals surface area contributed by atoms with Crippen LogP contribution in [0, 0.1) is 3.70 Å². The molecular formula is C12H21IN2O3Si. The van der Waals surface area contributed by atoms with Crippen LogP contribution < -0.4 is 0 Å². The van der Waals surface area contributed by atoms with Crippen LogP contribution in [0.5, 0.6) is 0 Å². The van der Waals surface area contributed by atoms with E-state index in [0.29, 0.717) is 6.73 Å². The molecule has 0 aromatic carbocycles. The van der Waals surface area contributed by atoms with Crippen molar-refractivity contribution in [1.29, 1.82) is 0 Å². The van der Waals surface area contributed by atoms with Gasteiger partial charge in [0.15, 0.2) is 12.6 Å². The van der Waals surface area contributed by atoms with E-state index in [0.717, 1.165) is 15.9 Å². The highest BCUT2D eigenvalue weighted by atomic mass is 127. The Balaban J connectivity index is 1.80. The molecule has 0 N–H and O–H groups in total. The third-order valence-corrected chi connectivity index (χ3v) is 5.39. The van der Waals surface area contributed by atoms with Crippen LogP contribution >= 0.6 is 22.6 Å². The SMILES string of the molecule is CC1OC(c2cn(COCC[Si](C)(C)C)nc2I)O1. The van der Waals surface area contributed by atoms with E-state index in [1.165, 1.54) is 6.04 Å². The first-order chi connectivity index (χ1) is 8.85. The summed E-state index contributed by atoms with van der Waals surface area (Å²) < 4.78 is 19.3. The van der Waals surface area contributed by atoms with Crippen LogP contribution in [0.4, 0.5) is 0 Å². The molecular weight excluding hydrogens is 375 g/mol. The number of aromatic nitrogens is 2. The van der Waals surface area contributed by atoms with Gasteiger partial charge in [0.05, 0.1) is 5.56 Å². The smallest absolute Gasteiger partial charge is 0.193 e. The number of hydrogen-bond donors (Lipinski definition) is 0. The summed E-state index contributed by atoms with van der Waals surface area (Å²) in [6, 6.07) is 1.17. The summed E-state index contributed by atoms with van der Waals surface area (Å²) in [6.45, 7) is 10.2. The maximum Gasteiger partial charge on any atom is 0.193 e. The fourth-order valence-corrected chi connectivity index (χ4v) is 3.11. The van der Waals surface area contributed by atoms with Crippen molar-refractivity contribution in [2.75, 3.05) is 6.61 Å². The first kappa shape index (κ1) is 15.4. The van der Waals surface area contributed by atoms with E-state index >= 15 is 0 Å². The minimum absolute atomic E-state index is 0.114. The molecule has 0 amide bonds.